The summed E-state index contributed by atoms with van der Waals surface area (Å²) in [6.45, 7) is 7.25. The van der Waals surface area contributed by atoms with Crippen LogP contribution in [0.15, 0.2) is 4.99 Å². The van der Waals surface area contributed by atoms with Crippen molar-refractivity contribution in [3.8, 4) is 0 Å². The molecule has 0 bridgehead atoms. The van der Waals surface area contributed by atoms with Gasteiger partial charge in [-0.05, 0) is 13.8 Å². The predicted molar refractivity (Wildman–Crippen MR) is 108 cm³/mol. The third-order valence-corrected chi connectivity index (χ3v) is 7.07. The Morgan fingerprint density at radius 2 is 1.84 bits per heavy atom. The summed E-state index contributed by atoms with van der Waals surface area (Å²) in [6.07, 6.45) is 0.383. The van der Waals surface area contributed by atoms with Gasteiger partial charge in [0, 0.05) is 46.2 Å². The van der Waals surface area contributed by atoms with Gasteiger partial charge in [0.2, 0.25) is 5.91 Å². The molecular weight excluding hydrogens is 459 g/mol. The average molecular weight is 488 g/mol. The van der Waals surface area contributed by atoms with Gasteiger partial charge in [-0.1, -0.05) is 0 Å². The molecule has 0 aromatic carbocycles. The minimum Gasteiger partial charge on any atom is -0.378 e. The monoisotopic (exact) mass is 488 g/mol. The maximum absolute atomic E-state index is 12.1. The van der Waals surface area contributed by atoms with Crippen molar-refractivity contribution in [3.63, 3.8) is 0 Å². The first-order chi connectivity index (χ1) is 11.3. The standard InChI is InChI=1S/C15H28N4O4S.HI/c1-15(2)12-19(8-11-24(15,21)22)14(16-3)17-5-4-13(20)18-6-9-23-10-7-18;/h4-12H2,1-3H3,(H,16,17);1H. The molecule has 0 radical (unpaired) electrons. The summed E-state index contributed by atoms with van der Waals surface area (Å²) in [6, 6.07) is 0. The SMILES string of the molecule is CN=C(NCCC(=O)N1CCOCC1)N1CCS(=O)(=O)C(C)(C)C1.I. The summed E-state index contributed by atoms with van der Waals surface area (Å²) < 4.78 is 28.6. The van der Waals surface area contributed by atoms with Crippen LogP contribution in [0.2, 0.25) is 0 Å². The molecule has 1 N–H and O–H groups in total. The Balaban J connectivity index is 0.00000312. The smallest absolute Gasteiger partial charge is 0.224 e. The molecule has 0 aromatic heterocycles. The maximum atomic E-state index is 12.1. The lowest BCUT2D eigenvalue weighted by atomic mass is 10.2. The number of nitrogens with one attached hydrogen (secondary N) is 1. The Morgan fingerprint density at radius 1 is 1.20 bits per heavy atom. The molecule has 1 amide bonds. The lowest BCUT2D eigenvalue weighted by Gasteiger charge is -2.39. The van der Waals surface area contributed by atoms with E-state index in [0.717, 1.165) is 0 Å². The molecule has 0 spiro atoms. The van der Waals surface area contributed by atoms with Gasteiger partial charge in [0.15, 0.2) is 15.8 Å². The van der Waals surface area contributed by atoms with Gasteiger partial charge in [-0.25, -0.2) is 8.42 Å². The first-order valence-corrected chi connectivity index (χ1v) is 9.95. The van der Waals surface area contributed by atoms with Gasteiger partial charge >= 0.3 is 0 Å². The van der Waals surface area contributed by atoms with Crippen molar-refractivity contribution >= 4 is 45.7 Å². The number of hydrogen-bond acceptors (Lipinski definition) is 5. The molecule has 0 atom stereocenters. The number of ether oxygens (including phenoxy) is 1. The highest BCUT2D eigenvalue weighted by atomic mass is 127. The Morgan fingerprint density at radius 3 is 2.40 bits per heavy atom. The van der Waals surface area contributed by atoms with Gasteiger partial charge < -0.3 is 19.9 Å². The fourth-order valence-electron chi connectivity index (χ4n) is 2.91. The van der Waals surface area contributed by atoms with Gasteiger partial charge in [0.05, 0.1) is 23.7 Å². The lowest BCUT2D eigenvalue weighted by Crippen LogP contribution is -2.57. The number of rotatable bonds is 3. The summed E-state index contributed by atoms with van der Waals surface area (Å²) in [5.41, 5.74) is 0. The van der Waals surface area contributed by atoms with Crippen LogP contribution in [0.25, 0.3) is 0 Å². The number of sulfone groups is 1. The summed E-state index contributed by atoms with van der Waals surface area (Å²) >= 11 is 0. The zero-order chi connectivity index (χ0) is 17.8. The number of hydrogen-bond donors (Lipinski definition) is 1. The molecule has 0 aliphatic carbocycles. The van der Waals surface area contributed by atoms with Gasteiger partial charge in [0.1, 0.15) is 0 Å². The number of amides is 1. The fraction of sp³-hybridized carbons (Fsp3) is 0.867. The largest absolute Gasteiger partial charge is 0.378 e. The van der Waals surface area contributed by atoms with Crippen LogP contribution in [-0.2, 0) is 19.4 Å². The van der Waals surface area contributed by atoms with E-state index in [9.17, 15) is 13.2 Å². The minimum atomic E-state index is -3.08. The van der Waals surface area contributed by atoms with Crippen molar-refractivity contribution in [3.05, 3.63) is 0 Å². The topological polar surface area (TPSA) is 91.3 Å². The molecule has 146 valence electrons. The number of halogens is 1. The van der Waals surface area contributed by atoms with Crippen LogP contribution in [0.4, 0.5) is 0 Å². The van der Waals surface area contributed by atoms with Crippen molar-refractivity contribution in [1.82, 2.24) is 15.1 Å². The first-order valence-electron chi connectivity index (χ1n) is 8.30. The number of carbonyl (C=O) groups is 1. The second kappa shape index (κ2) is 9.36. The summed E-state index contributed by atoms with van der Waals surface area (Å²) in [7, 11) is -1.41. The zero-order valence-corrected chi connectivity index (χ0v) is 18.3. The molecule has 2 aliphatic heterocycles. The molecule has 25 heavy (non-hydrogen) atoms. The highest BCUT2D eigenvalue weighted by Gasteiger charge is 2.40. The second-order valence-electron chi connectivity index (χ2n) is 6.72. The normalized spacial score (nSPS) is 22.9. The second-order valence-corrected chi connectivity index (χ2v) is 9.46. The van der Waals surface area contributed by atoms with Crippen molar-refractivity contribution in [2.24, 2.45) is 4.99 Å². The van der Waals surface area contributed by atoms with E-state index < -0.39 is 14.6 Å². The van der Waals surface area contributed by atoms with Crippen molar-refractivity contribution < 1.29 is 17.9 Å². The van der Waals surface area contributed by atoms with Crippen LogP contribution >= 0.6 is 24.0 Å². The third kappa shape index (κ3) is 5.68. The van der Waals surface area contributed by atoms with Crippen LogP contribution in [0.5, 0.6) is 0 Å². The van der Waals surface area contributed by atoms with E-state index >= 15 is 0 Å². The van der Waals surface area contributed by atoms with Crippen LogP contribution < -0.4 is 5.32 Å². The Hall–Kier alpha value is -0.620. The maximum Gasteiger partial charge on any atom is 0.224 e. The first kappa shape index (κ1) is 22.4. The van der Waals surface area contributed by atoms with Crippen molar-refractivity contribution in [2.75, 3.05) is 58.7 Å². The molecule has 0 aromatic rings. The van der Waals surface area contributed by atoms with E-state index in [1.807, 2.05) is 9.80 Å². The molecule has 2 aliphatic rings. The number of guanidine groups is 1. The van der Waals surface area contributed by atoms with Crippen molar-refractivity contribution in [2.45, 2.75) is 25.0 Å². The molecule has 2 saturated heterocycles. The molecule has 8 nitrogen and oxygen atoms in total. The summed E-state index contributed by atoms with van der Waals surface area (Å²) in [5, 5.41) is 3.18. The number of nitrogens with zero attached hydrogens (tertiary/aromatic N) is 3. The molecule has 2 heterocycles. The highest BCUT2D eigenvalue weighted by Crippen LogP contribution is 2.23. The average Bonchev–Trinajstić information content (AvgIpc) is 2.55. The number of carbonyl (C=O) groups excluding carboxylic acids is 1. The van der Waals surface area contributed by atoms with Gasteiger partial charge in [0.25, 0.3) is 0 Å². The number of morpholine rings is 1. The van der Waals surface area contributed by atoms with E-state index in [1.54, 1.807) is 20.9 Å². The summed E-state index contributed by atoms with van der Waals surface area (Å²) in [5.74, 6) is 0.864. The predicted octanol–water partition coefficient (Wildman–Crippen LogP) is -0.0623. The highest BCUT2D eigenvalue weighted by molar-refractivity contribution is 14.0. The van der Waals surface area contributed by atoms with Gasteiger partial charge in [-0.2, -0.15) is 0 Å². The third-order valence-electron chi connectivity index (χ3n) is 4.54. The molecule has 0 unspecified atom stereocenters. The van der Waals surface area contributed by atoms with E-state index in [4.69, 9.17) is 4.74 Å². The Labute approximate surface area is 167 Å². The van der Waals surface area contributed by atoms with Crippen LogP contribution in [0.3, 0.4) is 0 Å². The van der Waals surface area contributed by atoms with E-state index in [0.29, 0.717) is 58.3 Å². The minimum absolute atomic E-state index is 0. The van der Waals surface area contributed by atoms with E-state index in [1.165, 1.54) is 0 Å². The molecule has 2 fully saturated rings. The molecule has 10 heteroatoms. The fourth-order valence-corrected chi connectivity index (χ4v) is 4.27. The van der Waals surface area contributed by atoms with Crippen molar-refractivity contribution in [1.29, 1.82) is 0 Å². The molecule has 2 rings (SSSR count). The van der Waals surface area contributed by atoms with Gasteiger partial charge in [-0.3, -0.25) is 9.79 Å². The van der Waals surface area contributed by atoms with Gasteiger partial charge in [-0.15, -0.1) is 24.0 Å². The number of aliphatic imine (C=N–C) groups is 1. The molecular formula is C15H29IN4O4S. The lowest BCUT2D eigenvalue weighted by molar-refractivity contribution is -0.135. The van der Waals surface area contributed by atoms with E-state index in [-0.39, 0.29) is 35.6 Å². The summed E-state index contributed by atoms with van der Waals surface area (Å²) in [4.78, 5) is 20.1. The van der Waals surface area contributed by atoms with Crippen LogP contribution in [0, 0.1) is 0 Å². The van der Waals surface area contributed by atoms with Crippen LogP contribution in [-0.4, -0.2) is 93.6 Å². The van der Waals surface area contributed by atoms with E-state index in [2.05, 4.69) is 10.3 Å². The Kier molecular flexibility index (Phi) is 8.39. The quantitative estimate of drug-likeness (QED) is 0.340. The Bertz CT molecular complexity index is 588. The van der Waals surface area contributed by atoms with Crippen LogP contribution in [0.1, 0.15) is 20.3 Å². The zero-order valence-electron chi connectivity index (χ0n) is 15.2. The molecule has 0 saturated carbocycles.